The van der Waals surface area contributed by atoms with Crippen molar-refractivity contribution in [2.45, 2.75) is 25.8 Å². The standard InChI is InChI=1S/C7H9F4N3S/c1-2-12-3-4-13-14-6(15-4)7(10,11)5(8)9/h5,12H,2-3H2,1H3. The molecule has 0 saturated heterocycles. The lowest BCUT2D eigenvalue weighted by Crippen LogP contribution is -2.23. The maximum absolute atomic E-state index is 12.8. The molecular weight excluding hydrogens is 234 g/mol. The van der Waals surface area contributed by atoms with Crippen molar-refractivity contribution in [1.82, 2.24) is 15.5 Å². The van der Waals surface area contributed by atoms with Crippen molar-refractivity contribution in [2.75, 3.05) is 6.54 Å². The minimum absolute atomic E-state index is 0.257. The lowest BCUT2D eigenvalue weighted by atomic mass is 10.4. The van der Waals surface area contributed by atoms with Gasteiger partial charge in [0.1, 0.15) is 5.01 Å². The Labute approximate surface area is 87.5 Å². The van der Waals surface area contributed by atoms with Gasteiger partial charge >= 0.3 is 12.3 Å². The van der Waals surface area contributed by atoms with Gasteiger partial charge in [-0.3, -0.25) is 0 Å². The number of nitrogens with zero attached hydrogens (tertiary/aromatic N) is 2. The van der Waals surface area contributed by atoms with E-state index in [1.165, 1.54) is 0 Å². The van der Waals surface area contributed by atoms with Crippen LogP contribution >= 0.6 is 11.3 Å². The van der Waals surface area contributed by atoms with Crippen molar-refractivity contribution in [3.8, 4) is 0 Å². The van der Waals surface area contributed by atoms with Crippen LogP contribution in [0.4, 0.5) is 17.6 Å². The van der Waals surface area contributed by atoms with Gasteiger partial charge in [-0.25, -0.2) is 8.78 Å². The van der Waals surface area contributed by atoms with Gasteiger partial charge in [0.15, 0.2) is 5.01 Å². The molecule has 0 amide bonds. The quantitative estimate of drug-likeness (QED) is 0.804. The first-order valence-corrected chi connectivity index (χ1v) is 4.99. The number of aromatic nitrogens is 2. The minimum Gasteiger partial charge on any atom is -0.311 e. The highest BCUT2D eigenvalue weighted by molar-refractivity contribution is 7.11. The molecule has 0 bridgehead atoms. The predicted octanol–water partition coefficient (Wildman–Crippen LogP) is 2.00. The van der Waals surface area contributed by atoms with Crippen molar-refractivity contribution in [2.24, 2.45) is 0 Å². The summed E-state index contributed by atoms with van der Waals surface area (Å²) in [5, 5.41) is 8.62. The Balaban J connectivity index is 2.75. The second-order valence-corrected chi connectivity index (χ2v) is 3.77. The van der Waals surface area contributed by atoms with Crippen molar-refractivity contribution in [3.05, 3.63) is 10.0 Å². The van der Waals surface area contributed by atoms with Gasteiger partial charge in [0.05, 0.1) is 0 Å². The molecule has 0 atom stereocenters. The van der Waals surface area contributed by atoms with E-state index in [-0.39, 0.29) is 11.6 Å². The maximum Gasteiger partial charge on any atom is 0.359 e. The van der Waals surface area contributed by atoms with E-state index in [4.69, 9.17) is 0 Å². The largest absolute Gasteiger partial charge is 0.359 e. The Morgan fingerprint density at radius 1 is 1.40 bits per heavy atom. The third-order valence-corrected chi connectivity index (χ3v) is 2.56. The number of nitrogens with one attached hydrogen (secondary N) is 1. The third-order valence-electron chi connectivity index (χ3n) is 1.55. The zero-order chi connectivity index (χ0) is 11.5. The van der Waals surface area contributed by atoms with Crippen LogP contribution in [0.2, 0.25) is 0 Å². The first-order chi connectivity index (χ1) is 6.98. The third kappa shape index (κ3) is 2.85. The molecule has 0 unspecified atom stereocenters. The zero-order valence-electron chi connectivity index (χ0n) is 7.81. The van der Waals surface area contributed by atoms with E-state index in [1.807, 2.05) is 6.92 Å². The summed E-state index contributed by atoms with van der Waals surface area (Å²) in [6.45, 7) is 2.73. The molecule has 0 aliphatic rings. The molecule has 0 aliphatic carbocycles. The van der Waals surface area contributed by atoms with E-state index in [2.05, 4.69) is 15.5 Å². The normalized spacial score (nSPS) is 12.4. The summed E-state index contributed by atoms with van der Waals surface area (Å²) in [6.07, 6.45) is -3.75. The van der Waals surface area contributed by atoms with Crippen molar-refractivity contribution in [3.63, 3.8) is 0 Å². The fourth-order valence-electron chi connectivity index (χ4n) is 0.785. The number of rotatable bonds is 5. The van der Waals surface area contributed by atoms with Gasteiger partial charge in [0.2, 0.25) is 0 Å². The zero-order valence-corrected chi connectivity index (χ0v) is 8.62. The summed E-state index contributed by atoms with van der Waals surface area (Å²) in [4.78, 5) is 0. The topological polar surface area (TPSA) is 37.8 Å². The highest BCUT2D eigenvalue weighted by Crippen LogP contribution is 2.35. The number of alkyl halides is 4. The fourth-order valence-corrected chi connectivity index (χ4v) is 1.57. The lowest BCUT2D eigenvalue weighted by Gasteiger charge is -2.10. The van der Waals surface area contributed by atoms with Crippen LogP contribution in [-0.2, 0) is 12.5 Å². The summed E-state index contributed by atoms with van der Waals surface area (Å²) in [6, 6.07) is 0. The molecule has 1 aromatic rings. The van der Waals surface area contributed by atoms with Crippen LogP contribution in [0.5, 0.6) is 0 Å². The van der Waals surface area contributed by atoms with Crippen molar-refractivity contribution >= 4 is 11.3 Å². The average Bonchev–Trinajstić information content (AvgIpc) is 2.63. The van der Waals surface area contributed by atoms with Crippen LogP contribution in [0.25, 0.3) is 0 Å². The van der Waals surface area contributed by atoms with E-state index >= 15 is 0 Å². The monoisotopic (exact) mass is 243 g/mol. The molecule has 0 fully saturated rings. The predicted molar refractivity (Wildman–Crippen MR) is 47.2 cm³/mol. The first-order valence-electron chi connectivity index (χ1n) is 4.18. The van der Waals surface area contributed by atoms with Gasteiger partial charge in [-0.05, 0) is 6.54 Å². The molecule has 3 nitrogen and oxygen atoms in total. The summed E-state index contributed by atoms with van der Waals surface area (Å²) in [5.41, 5.74) is 0. The summed E-state index contributed by atoms with van der Waals surface area (Å²) >= 11 is 0.493. The van der Waals surface area contributed by atoms with Gasteiger partial charge in [-0.2, -0.15) is 8.78 Å². The van der Waals surface area contributed by atoms with Crippen LogP contribution in [-0.4, -0.2) is 23.2 Å². The fraction of sp³-hybridized carbons (Fsp3) is 0.714. The second-order valence-electron chi connectivity index (χ2n) is 2.70. The highest BCUT2D eigenvalue weighted by atomic mass is 32.1. The Hall–Kier alpha value is -0.760. The number of hydrogen-bond acceptors (Lipinski definition) is 4. The number of hydrogen-bond donors (Lipinski definition) is 1. The van der Waals surface area contributed by atoms with E-state index in [9.17, 15) is 17.6 Å². The Morgan fingerprint density at radius 2 is 2.07 bits per heavy atom. The SMILES string of the molecule is CCNCc1nnc(C(F)(F)C(F)F)s1. The molecule has 0 aromatic carbocycles. The number of halogens is 4. The van der Waals surface area contributed by atoms with Gasteiger partial charge in [0.25, 0.3) is 0 Å². The van der Waals surface area contributed by atoms with E-state index in [0.29, 0.717) is 17.9 Å². The lowest BCUT2D eigenvalue weighted by molar-refractivity contribution is -0.135. The molecule has 0 spiro atoms. The van der Waals surface area contributed by atoms with Crippen LogP contribution in [0.3, 0.4) is 0 Å². The van der Waals surface area contributed by atoms with E-state index in [0.717, 1.165) is 0 Å². The van der Waals surface area contributed by atoms with E-state index in [1.54, 1.807) is 0 Å². The molecule has 0 saturated carbocycles. The highest BCUT2D eigenvalue weighted by Gasteiger charge is 2.46. The maximum atomic E-state index is 12.8. The smallest absolute Gasteiger partial charge is 0.311 e. The molecule has 15 heavy (non-hydrogen) atoms. The van der Waals surface area contributed by atoms with E-state index < -0.39 is 17.4 Å². The molecular formula is C7H9F4N3S. The van der Waals surface area contributed by atoms with Crippen molar-refractivity contribution in [1.29, 1.82) is 0 Å². The van der Waals surface area contributed by atoms with Crippen LogP contribution in [0.15, 0.2) is 0 Å². The van der Waals surface area contributed by atoms with Crippen LogP contribution in [0, 0.1) is 0 Å². The van der Waals surface area contributed by atoms with Crippen LogP contribution < -0.4 is 5.32 Å². The van der Waals surface area contributed by atoms with Gasteiger partial charge in [-0.1, -0.05) is 18.3 Å². The summed E-state index contributed by atoms with van der Waals surface area (Å²) < 4.78 is 49.4. The first kappa shape index (κ1) is 12.3. The minimum atomic E-state index is -4.21. The van der Waals surface area contributed by atoms with Gasteiger partial charge in [-0.15, -0.1) is 10.2 Å². The Bertz CT molecular complexity index is 315. The Morgan fingerprint density at radius 3 is 2.60 bits per heavy atom. The molecule has 0 aliphatic heterocycles. The molecule has 86 valence electrons. The molecule has 8 heteroatoms. The van der Waals surface area contributed by atoms with Crippen LogP contribution in [0.1, 0.15) is 16.9 Å². The molecule has 1 N–H and O–H groups in total. The molecule has 1 heterocycles. The average molecular weight is 243 g/mol. The molecule has 0 radical (unpaired) electrons. The molecule has 1 aromatic heterocycles. The molecule has 1 rings (SSSR count). The second kappa shape index (κ2) is 4.84. The Kier molecular flexibility index (Phi) is 3.97. The van der Waals surface area contributed by atoms with Gasteiger partial charge in [0, 0.05) is 6.54 Å². The van der Waals surface area contributed by atoms with Gasteiger partial charge < -0.3 is 5.32 Å². The van der Waals surface area contributed by atoms with Crippen molar-refractivity contribution < 1.29 is 17.6 Å². The summed E-state index contributed by atoms with van der Waals surface area (Å²) in [5.74, 6) is -4.21. The summed E-state index contributed by atoms with van der Waals surface area (Å²) in [7, 11) is 0.